The summed E-state index contributed by atoms with van der Waals surface area (Å²) in [4.78, 5) is 14.4. The summed E-state index contributed by atoms with van der Waals surface area (Å²) in [5, 5.41) is 0. The maximum atomic E-state index is 12.6. The second kappa shape index (κ2) is 6.40. The second-order valence-electron chi connectivity index (χ2n) is 6.26. The largest absolute Gasteiger partial charge is 0.331 e. The molecule has 0 bridgehead atoms. The van der Waals surface area contributed by atoms with Crippen LogP contribution in [-0.4, -0.2) is 17.9 Å². The van der Waals surface area contributed by atoms with Crippen LogP contribution in [0.2, 0.25) is 0 Å². The number of rotatable bonds is 3. The Bertz CT molecular complexity index is 887. The van der Waals surface area contributed by atoms with Gasteiger partial charge in [-0.3, -0.25) is 4.79 Å². The molecule has 3 aromatic rings. The van der Waals surface area contributed by atoms with Gasteiger partial charge in [-0.2, -0.15) is 0 Å². The van der Waals surface area contributed by atoms with E-state index in [1.165, 1.54) is 0 Å². The highest BCUT2D eigenvalue weighted by Gasteiger charge is 2.32. The van der Waals surface area contributed by atoms with Gasteiger partial charge in [-0.05, 0) is 34.4 Å². The number of amides is 1. The van der Waals surface area contributed by atoms with Gasteiger partial charge in [0.25, 0.3) is 5.91 Å². The first kappa shape index (κ1) is 15.4. The van der Waals surface area contributed by atoms with E-state index in [4.69, 9.17) is 0 Å². The predicted molar refractivity (Wildman–Crippen MR) is 101 cm³/mol. The van der Waals surface area contributed by atoms with E-state index in [9.17, 15) is 4.79 Å². The van der Waals surface area contributed by atoms with E-state index in [1.807, 2.05) is 72.6 Å². The van der Waals surface area contributed by atoms with Gasteiger partial charge < -0.3 is 4.90 Å². The molecular formula is C23H19NO. The van der Waals surface area contributed by atoms with Crippen LogP contribution in [0.5, 0.6) is 0 Å². The Morgan fingerprint density at radius 2 is 1.32 bits per heavy atom. The van der Waals surface area contributed by atoms with Gasteiger partial charge in [0.1, 0.15) is 0 Å². The summed E-state index contributed by atoms with van der Waals surface area (Å²) in [5.41, 5.74) is 5.31. The number of carbonyl (C=O) groups is 1. The summed E-state index contributed by atoms with van der Waals surface area (Å²) in [6.07, 6.45) is 2.20. The summed E-state index contributed by atoms with van der Waals surface area (Å²) in [6, 6.07) is 28.5. The third-order valence-electron chi connectivity index (χ3n) is 4.74. The fourth-order valence-electron chi connectivity index (χ4n) is 3.43. The molecule has 0 fully saturated rings. The molecule has 122 valence electrons. The SMILES string of the molecule is CN1C(=O)c2ccccc2[C@@H]1C=C(c1ccccc1)c1ccccc1. The van der Waals surface area contributed by atoms with Gasteiger partial charge in [0.2, 0.25) is 0 Å². The Kier molecular flexibility index (Phi) is 3.95. The van der Waals surface area contributed by atoms with E-state index in [2.05, 4.69) is 30.3 Å². The van der Waals surface area contributed by atoms with Crippen molar-refractivity contribution < 1.29 is 4.79 Å². The smallest absolute Gasteiger partial charge is 0.254 e. The average Bonchev–Trinajstić information content (AvgIpc) is 2.92. The summed E-state index contributed by atoms with van der Waals surface area (Å²) in [6.45, 7) is 0. The molecule has 1 amide bonds. The minimum absolute atomic E-state index is 0.0564. The first-order valence-corrected chi connectivity index (χ1v) is 8.44. The van der Waals surface area contributed by atoms with Gasteiger partial charge in [-0.15, -0.1) is 0 Å². The maximum Gasteiger partial charge on any atom is 0.254 e. The number of nitrogens with zero attached hydrogens (tertiary/aromatic N) is 1. The van der Waals surface area contributed by atoms with Gasteiger partial charge in [-0.1, -0.05) is 78.9 Å². The summed E-state index contributed by atoms with van der Waals surface area (Å²) in [7, 11) is 1.87. The second-order valence-corrected chi connectivity index (χ2v) is 6.26. The lowest BCUT2D eigenvalue weighted by atomic mass is 9.94. The molecule has 1 aliphatic rings. The van der Waals surface area contributed by atoms with Crippen molar-refractivity contribution in [1.29, 1.82) is 0 Å². The van der Waals surface area contributed by atoms with Crippen molar-refractivity contribution in [1.82, 2.24) is 4.90 Å². The number of benzene rings is 3. The third kappa shape index (κ3) is 2.76. The Morgan fingerprint density at radius 1 is 0.800 bits per heavy atom. The van der Waals surface area contributed by atoms with Crippen LogP contribution < -0.4 is 0 Å². The van der Waals surface area contributed by atoms with Crippen molar-refractivity contribution in [3.8, 4) is 0 Å². The van der Waals surface area contributed by atoms with Crippen LogP contribution in [0.3, 0.4) is 0 Å². The van der Waals surface area contributed by atoms with E-state index in [0.29, 0.717) is 0 Å². The molecule has 1 aliphatic heterocycles. The van der Waals surface area contributed by atoms with Crippen LogP contribution in [-0.2, 0) is 0 Å². The molecule has 0 spiro atoms. The molecule has 2 heteroatoms. The zero-order chi connectivity index (χ0) is 17.2. The fraction of sp³-hybridized carbons (Fsp3) is 0.0870. The Morgan fingerprint density at radius 3 is 1.92 bits per heavy atom. The Balaban J connectivity index is 1.87. The standard InChI is InChI=1S/C23H19NO/c1-24-22(19-14-8-9-15-20(19)23(24)25)16-21(17-10-4-2-5-11-17)18-12-6-3-7-13-18/h2-16,22H,1H3/t22-/m0/s1. The lowest BCUT2D eigenvalue weighted by Gasteiger charge is -2.20. The van der Waals surface area contributed by atoms with E-state index in [0.717, 1.165) is 27.8 Å². The lowest BCUT2D eigenvalue weighted by molar-refractivity contribution is 0.0797. The predicted octanol–water partition coefficient (Wildman–Crippen LogP) is 4.95. The molecule has 2 nitrogen and oxygen atoms in total. The zero-order valence-corrected chi connectivity index (χ0v) is 14.1. The molecule has 1 heterocycles. The molecule has 4 rings (SSSR count). The van der Waals surface area contributed by atoms with Gasteiger partial charge in [0.15, 0.2) is 0 Å². The van der Waals surface area contributed by atoms with E-state index in [-0.39, 0.29) is 11.9 Å². The first-order chi connectivity index (χ1) is 12.3. The van der Waals surface area contributed by atoms with E-state index < -0.39 is 0 Å². The molecular weight excluding hydrogens is 306 g/mol. The molecule has 0 aliphatic carbocycles. The zero-order valence-electron chi connectivity index (χ0n) is 14.1. The van der Waals surface area contributed by atoms with Crippen molar-refractivity contribution in [2.75, 3.05) is 7.05 Å². The van der Waals surface area contributed by atoms with Crippen LogP contribution in [0.15, 0.2) is 91.0 Å². The summed E-state index contributed by atoms with van der Waals surface area (Å²) < 4.78 is 0. The number of carbonyl (C=O) groups excluding carboxylic acids is 1. The highest BCUT2D eigenvalue weighted by molar-refractivity contribution is 5.99. The molecule has 0 unspecified atom stereocenters. The normalized spacial score (nSPS) is 15.8. The van der Waals surface area contributed by atoms with Crippen molar-refractivity contribution in [2.45, 2.75) is 6.04 Å². The van der Waals surface area contributed by atoms with Crippen molar-refractivity contribution in [3.63, 3.8) is 0 Å². The number of likely N-dealkylation sites (N-methyl/N-ethyl adjacent to an activating group) is 1. The van der Waals surface area contributed by atoms with Crippen LogP contribution in [0.25, 0.3) is 5.57 Å². The maximum absolute atomic E-state index is 12.6. The van der Waals surface area contributed by atoms with Crippen molar-refractivity contribution >= 4 is 11.5 Å². The van der Waals surface area contributed by atoms with E-state index >= 15 is 0 Å². The third-order valence-corrected chi connectivity index (χ3v) is 4.74. The fourth-order valence-corrected chi connectivity index (χ4v) is 3.43. The molecule has 0 saturated carbocycles. The first-order valence-electron chi connectivity index (χ1n) is 8.44. The number of fused-ring (bicyclic) bond motifs is 1. The lowest BCUT2D eigenvalue weighted by Crippen LogP contribution is -2.22. The van der Waals surface area contributed by atoms with Crippen molar-refractivity contribution in [3.05, 3.63) is 113 Å². The molecule has 0 aromatic heterocycles. The van der Waals surface area contributed by atoms with Crippen LogP contribution in [0.4, 0.5) is 0 Å². The highest BCUT2D eigenvalue weighted by Crippen LogP contribution is 2.36. The molecule has 25 heavy (non-hydrogen) atoms. The molecule has 1 atom stereocenters. The molecule has 0 N–H and O–H groups in total. The Hall–Kier alpha value is -3.13. The van der Waals surface area contributed by atoms with Gasteiger partial charge in [0, 0.05) is 12.6 Å². The minimum Gasteiger partial charge on any atom is -0.331 e. The van der Waals surface area contributed by atoms with Crippen molar-refractivity contribution in [2.24, 2.45) is 0 Å². The van der Waals surface area contributed by atoms with Crippen LogP contribution in [0, 0.1) is 0 Å². The van der Waals surface area contributed by atoms with E-state index in [1.54, 1.807) is 0 Å². The van der Waals surface area contributed by atoms with Gasteiger partial charge >= 0.3 is 0 Å². The number of hydrogen-bond donors (Lipinski definition) is 0. The summed E-state index contributed by atoms with van der Waals surface area (Å²) >= 11 is 0. The molecule has 0 radical (unpaired) electrons. The van der Waals surface area contributed by atoms with Gasteiger partial charge in [-0.25, -0.2) is 0 Å². The van der Waals surface area contributed by atoms with Crippen LogP contribution >= 0.6 is 0 Å². The number of hydrogen-bond acceptors (Lipinski definition) is 1. The quantitative estimate of drug-likeness (QED) is 0.667. The topological polar surface area (TPSA) is 20.3 Å². The molecule has 0 saturated heterocycles. The average molecular weight is 325 g/mol. The summed E-state index contributed by atoms with van der Waals surface area (Å²) in [5.74, 6) is 0.0809. The minimum atomic E-state index is -0.0564. The molecule has 3 aromatic carbocycles. The van der Waals surface area contributed by atoms with Crippen LogP contribution in [0.1, 0.15) is 33.1 Å². The van der Waals surface area contributed by atoms with Gasteiger partial charge in [0.05, 0.1) is 6.04 Å². The Labute approximate surface area is 148 Å². The monoisotopic (exact) mass is 325 g/mol. The highest BCUT2D eigenvalue weighted by atomic mass is 16.2.